The Bertz CT molecular complexity index is 886. The first-order chi connectivity index (χ1) is 15.5. The molecular formula is C24H34N4O4. The van der Waals surface area contributed by atoms with E-state index < -0.39 is 5.91 Å². The van der Waals surface area contributed by atoms with Gasteiger partial charge in [0.15, 0.2) is 12.6 Å². The van der Waals surface area contributed by atoms with E-state index >= 15 is 0 Å². The molecule has 0 spiro atoms. The number of carbonyl (C=O) groups excluding carboxylic acids is 1. The molecule has 1 amide bonds. The first kappa shape index (κ1) is 25.0. The summed E-state index contributed by atoms with van der Waals surface area (Å²) < 4.78 is 16.6. The SMILES string of the molecule is CCNC(=NCc1cccc(OCC(N)=O)c1)NCc1ccc(C)cc1OCCOCC. The van der Waals surface area contributed by atoms with Crippen molar-refractivity contribution in [3.8, 4) is 11.5 Å². The number of nitrogens with two attached hydrogens (primary N) is 1. The smallest absolute Gasteiger partial charge is 0.255 e. The van der Waals surface area contributed by atoms with E-state index in [2.05, 4.69) is 27.8 Å². The summed E-state index contributed by atoms with van der Waals surface area (Å²) in [7, 11) is 0. The van der Waals surface area contributed by atoms with Crippen LogP contribution in [-0.4, -0.2) is 44.8 Å². The van der Waals surface area contributed by atoms with Gasteiger partial charge in [-0.1, -0.05) is 24.3 Å². The molecule has 32 heavy (non-hydrogen) atoms. The third-order valence-electron chi connectivity index (χ3n) is 4.40. The highest BCUT2D eigenvalue weighted by molar-refractivity contribution is 5.79. The van der Waals surface area contributed by atoms with E-state index in [0.29, 0.717) is 44.6 Å². The summed E-state index contributed by atoms with van der Waals surface area (Å²) in [4.78, 5) is 15.6. The lowest BCUT2D eigenvalue weighted by Gasteiger charge is -2.15. The maximum absolute atomic E-state index is 10.9. The van der Waals surface area contributed by atoms with Gasteiger partial charge in [-0.3, -0.25) is 4.79 Å². The highest BCUT2D eigenvalue weighted by Crippen LogP contribution is 2.20. The van der Waals surface area contributed by atoms with Crippen LogP contribution in [0.5, 0.6) is 11.5 Å². The van der Waals surface area contributed by atoms with Crippen LogP contribution in [-0.2, 0) is 22.6 Å². The highest BCUT2D eigenvalue weighted by atomic mass is 16.5. The topological polar surface area (TPSA) is 107 Å². The number of ether oxygens (including phenoxy) is 3. The zero-order chi connectivity index (χ0) is 23.2. The summed E-state index contributed by atoms with van der Waals surface area (Å²) in [5.74, 6) is 1.61. The van der Waals surface area contributed by atoms with E-state index in [4.69, 9.17) is 19.9 Å². The normalized spacial score (nSPS) is 11.2. The number of nitrogens with one attached hydrogen (secondary N) is 2. The van der Waals surface area contributed by atoms with E-state index in [-0.39, 0.29) is 6.61 Å². The lowest BCUT2D eigenvalue weighted by atomic mass is 10.1. The molecule has 4 N–H and O–H groups in total. The summed E-state index contributed by atoms with van der Waals surface area (Å²) in [6.45, 7) is 9.37. The van der Waals surface area contributed by atoms with Crippen LogP contribution in [0.2, 0.25) is 0 Å². The summed E-state index contributed by atoms with van der Waals surface area (Å²) in [6, 6.07) is 13.6. The molecule has 0 heterocycles. The summed E-state index contributed by atoms with van der Waals surface area (Å²) >= 11 is 0. The third kappa shape index (κ3) is 9.26. The molecule has 0 aliphatic heterocycles. The molecule has 0 unspecified atom stereocenters. The minimum atomic E-state index is -0.510. The van der Waals surface area contributed by atoms with Gasteiger partial charge < -0.3 is 30.6 Å². The quantitative estimate of drug-likeness (QED) is 0.250. The monoisotopic (exact) mass is 442 g/mol. The minimum absolute atomic E-state index is 0.150. The maximum Gasteiger partial charge on any atom is 0.255 e. The van der Waals surface area contributed by atoms with Gasteiger partial charge in [0.05, 0.1) is 13.2 Å². The Morgan fingerprint density at radius 2 is 1.91 bits per heavy atom. The maximum atomic E-state index is 10.9. The van der Waals surface area contributed by atoms with E-state index in [9.17, 15) is 4.79 Å². The van der Waals surface area contributed by atoms with Crippen LogP contribution in [0.1, 0.15) is 30.5 Å². The van der Waals surface area contributed by atoms with Crippen molar-refractivity contribution in [1.29, 1.82) is 0 Å². The van der Waals surface area contributed by atoms with Crippen LogP contribution in [0.4, 0.5) is 0 Å². The summed E-state index contributed by atoms with van der Waals surface area (Å²) in [5, 5.41) is 6.61. The van der Waals surface area contributed by atoms with Crippen molar-refractivity contribution in [3.05, 3.63) is 59.2 Å². The van der Waals surface area contributed by atoms with E-state index in [0.717, 1.165) is 29.0 Å². The number of primary amides is 1. The van der Waals surface area contributed by atoms with Crippen molar-refractivity contribution in [3.63, 3.8) is 0 Å². The van der Waals surface area contributed by atoms with Gasteiger partial charge in [0.2, 0.25) is 0 Å². The van der Waals surface area contributed by atoms with Gasteiger partial charge in [-0.05, 0) is 50.1 Å². The first-order valence-corrected chi connectivity index (χ1v) is 10.8. The zero-order valence-corrected chi connectivity index (χ0v) is 19.1. The number of hydrogen-bond acceptors (Lipinski definition) is 5. The van der Waals surface area contributed by atoms with Gasteiger partial charge >= 0.3 is 0 Å². The highest BCUT2D eigenvalue weighted by Gasteiger charge is 2.07. The molecule has 0 aliphatic rings. The van der Waals surface area contributed by atoms with E-state index in [1.165, 1.54) is 0 Å². The molecule has 0 atom stereocenters. The molecule has 0 fully saturated rings. The van der Waals surface area contributed by atoms with Gasteiger partial charge in [0.1, 0.15) is 18.1 Å². The zero-order valence-electron chi connectivity index (χ0n) is 19.1. The van der Waals surface area contributed by atoms with Crippen molar-refractivity contribution < 1.29 is 19.0 Å². The van der Waals surface area contributed by atoms with Gasteiger partial charge in [-0.15, -0.1) is 0 Å². The number of hydrogen-bond donors (Lipinski definition) is 3. The standard InChI is InChI=1S/C24H34N4O4/c1-4-26-24(27-15-19-7-6-8-21(14-19)32-17-23(25)29)28-16-20-10-9-18(3)13-22(20)31-12-11-30-5-2/h6-10,13-14H,4-5,11-12,15-17H2,1-3H3,(H2,25,29)(H2,26,27,28). The molecule has 8 heteroatoms. The molecule has 0 saturated heterocycles. The molecule has 0 saturated carbocycles. The average molecular weight is 443 g/mol. The molecule has 0 radical (unpaired) electrons. The molecule has 8 nitrogen and oxygen atoms in total. The second-order valence-electron chi connectivity index (χ2n) is 7.11. The predicted molar refractivity (Wildman–Crippen MR) is 126 cm³/mol. The van der Waals surface area contributed by atoms with Crippen molar-refractivity contribution in [2.45, 2.75) is 33.9 Å². The number of guanidine groups is 1. The van der Waals surface area contributed by atoms with Crippen molar-refractivity contribution in [2.75, 3.05) is 33.0 Å². The van der Waals surface area contributed by atoms with Crippen molar-refractivity contribution >= 4 is 11.9 Å². The first-order valence-electron chi connectivity index (χ1n) is 10.8. The Balaban J connectivity index is 2.01. The van der Waals surface area contributed by atoms with E-state index in [1.807, 2.05) is 45.0 Å². The fraction of sp³-hybridized carbons (Fsp3) is 0.417. The Kier molecular flexibility index (Phi) is 10.9. The Morgan fingerprint density at radius 3 is 2.66 bits per heavy atom. The number of aryl methyl sites for hydroxylation is 1. The van der Waals surface area contributed by atoms with Crippen molar-refractivity contribution in [2.24, 2.45) is 10.7 Å². The average Bonchev–Trinajstić information content (AvgIpc) is 2.78. The summed E-state index contributed by atoms with van der Waals surface area (Å²) in [5.41, 5.74) is 8.27. The van der Waals surface area contributed by atoms with Crippen LogP contribution in [0.25, 0.3) is 0 Å². The number of aliphatic imine (C=N–C) groups is 1. The van der Waals surface area contributed by atoms with Gasteiger partial charge in [0, 0.05) is 25.3 Å². The van der Waals surface area contributed by atoms with Gasteiger partial charge in [-0.25, -0.2) is 4.99 Å². The lowest BCUT2D eigenvalue weighted by molar-refractivity contribution is -0.119. The number of nitrogens with zero attached hydrogens (tertiary/aromatic N) is 1. The number of benzene rings is 2. The van der Waals surface area contributed by atoms with Crippen LogP contribution in [0.15, 0.2) is 47.5 Å². The van der Waals surface area contributed by atoms with Crippen LogP contribution < -0.4 is 25.8 Å². The lowest BCUT2D eigenvalue weighted by Crippen LogP contribution is -2.36. The van der Waals surface area contributed by atoms with E-state index in [1.54, 1.807) is 6.07 Å². The number of carbonyl (C=O) groups is 1. The molecule has 0 bridgehead atoms. The predicted octanol–water partition coefficient (Wildman–Crippen LogP) is 2.53. The molecule has 174 valence electrons. The van der Waals surface area contributed by atoms with Crippen molar-refractivity contribution in [1.82, 2.24) is 10.6 Å². The molecule has 2 aromatic carbocycles. The molecule has 0 aromatic heterocycles. The Labute approximate surface area is 190 Å². The third-order valence-corrected chi connectivity index (χ3v) is 4.40. The molecule has 2 rings (SSSR count). The van der Waals surface area contributed by atoms with Crippen LogP contribution in [0.3, 0.4) is 0 Å². The molecule has 0 aliphatic carbocycles. The summed E-state index contributed by atoms with van der Waals surface area (Å²) in [6.07, 6.45) is 0. The second-order valence-corrected chi connectivity index (χ2v) is 7.11. The second kappa shape index (κ2) is 13.9. The molecule has 2 aromatic rings. The Morgan fingerprint density at radius 1 is 1.06 bits per heavy atom. The van der Waals surface area contributed by atoms with Crippen LogP contribution in [0, 0.1) is 6.92 Å². The van der Waals surface area contributed by atoms with Gasteiger partial charge in [-0.2, -0.15) is 0 Å². The fourth-order valence-electron chi connectivity index (χ4n) is 2.88. The van der Waals surface area contributed by atoms with Crippen LogP contribution >= 0.6 is 0 Å². The fourth-order valence-corrected chi connectivity index (χ4v) is 2.88. The molecular weight excluding hydrogens is 408 g/mol. The largest absolute Gasteiger partial charge is 0.491 e. The number of rotatable bonds is 13. The van der Waals surface area contributed by atoms with Gasteiger partial charge in [0.25, 0.3) is 5.91 Å². The number of amides is 1. The Hall–Kier alpha value is -3.26. The minimum Gasteiger partial charge on any atom is -0.491 e.